The second kappa shape index (κ2) is 7.02. The molecule has 4 aromatic rings. The van der Waals surface area contributed by atoms with E-state index < -0.39 is 0 Å². The first kappa shape index (κ1) is 16.8. The van der Waals surface area contributed by atoms with Gasteiger partial charge in [0.05, 0.1) is 5.70 Å². The van der Waals surface area contributed by atoms with Crippen molar-refractivity contribution in [3.8, 4) is 22.5 Å². The molecule has 0 saturated carbocycles. The summed E-state index contributed by atoms with van der Waals surface area (Å²) in [5.41, 5.74) is 10.3. The van der Waals surface area contributed by atoms with Gasteiger partial charge in [0.2, 0.25) is 5.16 Å². The lowest BCUT2D eigenvalue weighted by atomic mass is 10.0. The molecule has 0 saturated heterocycles. The summed E-state index contributed by atoms with van der Waals surface area (Å²) in [4.78, 5) is 0. The molecule has 5 heteroatoms. The van der Waals surface area contributed by atoms with Gasteiger partial charge in [0.1, 0.15) is 0 Å². The van der Waals surface area contributed by atoms with Crippen molar-refractivity contribution in [1.29, 1.82) is 0 Å². The maximum atomic E-state index is 4.41. The topological polar surface area (TPSA) is 42.7 Å². The van der Waals surface area contributed by atoms with E-state index in [0.717, 1.165) is 27.8 Å². The van der Waals surface area contributed by atoms with Gasteiger partial charge in [0.15, 0.2) is 5.82 Å². The third-order valence-corrected chi connectivity index (χ3v) is 5.67. The molecule has 3 aromatic carbocycles. The summed E-state index contributed by atoms with van der Waals surface area (Å²) in [6, 6.07) is 27.2. The number of aromatic nitrogens is 3. The third kappa shape index (κ3) is 3.00. The van der Waals surface area contributed by atoms with Crippen LogP contribution in [0.3, 0.4) is 0 Å². The quantitative estimate of drug-likeness (QED) is 0.503. The van der Waals surface area contributed by atoms with Crippen LogP contribution in [0.15, 0.2) is 89.4 Å². The first-order valence-corrected chi connectivity index (χ1v) is 9.99. The van der Waals surface area contributed by atoms with Gasteiger partial charge in [0, 0.05) is 11.0 Å². The van der Waals surface area contributed by atoms with E-state index in [9.17, 15) is 0 Å². The summed E-state index contributed by atoms with van der Waals surface area (Å²) in [5, 5.41) is 11.7. The largest absolute Gasteiger partial charge is 0.289 e. The van der Waals surface area contributed by atoms with Crippen molar-refractivity contribution >= 4 is 17.5 Å². The Kier molecular flexibility index (Phi) is 4.22. The standard InChI is InChI=1S/C23H18N4S/c1-16-7-5-6-10-20(16)22-24-25-23-27(22)26-21(15-28-23)19-13-11-18(12-14-19)17-8-3-2-4-9-17/h2-15,26H,1H3. The van der Waals surface area contributed by atoms with Gasteiger partial charge in [-0.25, -0.2) is 4.68 Å². The third-order valence-electron chi connectivity index (χ3n) is 4.84. The zero-order valence-electron chi connectivity index (χ0n) is 15.3. The van der Waals surface area contributed by atoms with E-state index >= 15 is 0 Å². The van der Waals surface area contributed by atoms with Crippen LogP contribution in [0, 0.1) is 6.92 Å². The lowest BCUT2D eigenvalue weighted by molar-refractivity contribution is 0.825. The Morgan fingerprint density at radius 1 is 0.750 bits per heavy atom. The molecule has 1 aliphatic heterocycles. The van der Waals surface area contributed by atoms with E-state index in [1.165, 1.54) is 16.7 Å². The number of hydrogen-bond donors (Lipinski definition) is 1. The lowest BCUT2D eigenvalue weighted by Gasteiger charge is -2.19. The highest BCUT2D eigenvalue weighted by atomic mass is 32.2. The van der Waals surface area contributed by atoms with Gasteiger partial charge in [-0.2, -0.15) is 0 Å². The van der Waals surface area contributed by atoms with Crippen molar-refractivity contribution in [3.05, 3.63) is 95.4 Å². The molecule has 0 bridgehead atoms. The molecule has 0 atom stereocenters. The lowest BCUT2D eigenvalue weighted by Crippen LogP contribution is -2.18. The van der Waals surface area contributed by atoms with E-state index in [-0.39, 0.29) is 0 Å². The number of rotatable bonds is 3. The fourth-order valence-corrected chi connectivity index (χ4v) is 4.05. The van der Waals surface area contributed by atoms with Crippen molar-refractivity contribution in [1.82, 2.24) is 14.9 Å². The van der Waals surface area contributed by atoms with E-state index in [0.29, 0.717) is 0 Å². The molecule has 0 spiro atoms. The number of thioether (sulfide) groups is 1. The minimum Gasteiger partial charge on any atom is -0.289 e. The molecule has 136 valence electrons. The van der Waals surface area contributed by atoms with Crippen molar-refractivity contribution in [3.63, 3.8) is 0 Å². The average molecular weight is 382 g/mol. The first-order chi connectivity index (χ1) is 13.8. The fraction of sp³-hybridized carbons (Fsp3) is 0.0435. The number of nitrogens with one attached hydrogen (secondary N) is 1. The molecule has 0 fully saturated rings. The van der Waals surface area contributed by atoms with Gasteiger partial charge < -0.3 is 0 Å². The molecule has 0 radical (unpaired) electrons. The summed E-state index contributed by atoms with van der Waals surface area (Å²) in [6.07, 6.45) is 0. The average Bonchev–Trinajstić information content (AvgIpc) is 3.18. The monoisotopic (exact) mass is 382 g/mol. The molecule has 28 heavy (non-hydrogen) atoms. The number of fused-ring (bicyclic) bond motifs is 1. The van der Waals surface area contributed by atoms with E-state index in [4.69, 9.17) is 0 Å². The van der Waals surface area contributed by atoms with E-state index in [1.54, 1.807) is 11.8 Å². The summed E-state index contributed by atoms with van der Waals surface area (Å²) < 4.78 is 1.97. The predicted molar refractivity (Wildman–Crippen MR) is 115 cm³/mol. The Hall–Kier alpha value is -3.31. The highest BCUT2D eigenvalue weighted by molar-refractivity contribution is 8.02. The Bertz CT molecular complexity index is 1160. The van der Waals surface area contributed by atoms with Crippen molar-refractivity contribution in [2.75, 3.05) is 5.43 Å². The molecular formula is C23H18N4S. The maximum absolute atomic E-state index is 4.41. The van der Waals surface area contributed by atoms with Crippen LogP contribution in [0.5, 0.6) is 0 Å². The number of hydrogen-bond acceptors (Lipinski definition) is 4. The zero-order valence-corrected chi connectivity index (χ0v) is 16.1. The van der Waals surface area contributed by atoms with Gasteiger partial charge in [0.25, 0.3) is 0 Å². The van der Waals surface area contributed by atoms with Crippen molar-refractivity contribution < 1.29 is 0 Å². The van der Waals surface area contributed by atoms with Gasteiger partial charge in [-0.1, -0.05) is 90.6 Å². The van der Waals surface area contributed by atoms with Crippen LogP contribution < -0.4 is 5.43 Å². The molecule has 1 aliphatic rings. The highest BCUT2D eigenvalue weighted by Gasteiger charge is 2.20. The molecule has 1 N–H and O–H groups in total. The molecular weight excluding hydrogens is 364 g/mol. The molecule has 0 amide bonds. The number of aryl methyl sites for hydroxylation is 1. The predicted octanol–water partition coefficient (Wildman–Crippen LogP) is 5.57. The second-order valence-electron chi connectivity index (χ2n) is 6.66. The highest BCUT2D eigenvalue weighted by Crippen LogP contribution is 2.32. The summed E-state index contributed by atoms with van der Waals surface area (Å²) in [6.45, 7) is 2.09. The molecule has 0 unspecified atom stereocenters. The van der Waals surface area contributed by atoms with Crippen molar-refractivity contribution in [2.24, 2.45) is 0 Å². The SMILES string of the molecule is Cc1ccccc1-c1nnc2n1NC(c1ccc(-c3ccccc3)cc1)=CS2. The van der Waals surface area contributed by atoms with Crippen LogP contribution in [-0.4, -0.2) is 14.9 Å². The number of nitrogens with zero attached hydrogens (tertiary/aromatic N) is 3. The minimum atomic E-state index is 0.826. The molecule has 1 aromatic heterocycles. The summed E-state index contributed by atoms with van der Waals surface area (Å²) >= 11 is 1.58. The second-order valence-corrected chi connectivity index (χ2v) is 7.50. The van der Waals surface area contributed by atoms with Gasteiger partial charge in [-0.15, -0.1) is 10.2 Å². The summed E-state index contributed by atoms with van der Waals surface area (Å²) in [5.74, 6) is 0.826. The van der Waals surface area contributed by atoms with Crippen LogP contribution in [0.4, 0.5) is 0 Å². The number of benzene rings is 3. The smallest absolute Gasteiger partial charge is 0.214 e. The normalized spacial score (nSPS) is 12.8. The Morgan fingerprint density at radius 2 is 1.43 bits per heavy atom. The van der Waals surface area contributed by atoms with Crippen LogP contribution in [0.25, 0.3) is 28.2 Å². The van der Waals surface area contributed by atoms with E-state index in [2.05, 4.69) is 88.6 Å². The van der Waals surface area contributed by atoms with Gasteiger partial charge in [-0.05, 0) is 29.2 Å². The van der Waals surface area contributed by atoms with Crippen molar-refractivity contribution in [2.45, 2.75) is 12.1 Å². The van der Waals surface area contributed by atoms with Gasteiger partial charge >= 0.3 is 0 Å². The van der Waals surface area contributed by atoms with Crippen LogP contribution in [0.2, 0.25) is 0 Å². The zero-order chi connectivity index (χ0) is 18.9. The minimum absolute atomic E-state index is 0.826. The molecule has 0 aliphatic carbocycles. The maximum Gasteiger partial charge on any atom is 0.214 e. The Labute approximate surface area is 167 Å². The van der Waals surface area contributed by atoms with Crippen LogP contribution in [-0.2, 0) is 0 Å². The van der Waals surface area contributed by atoms with E-state index in [1.807, 2.05) is 22.9 Å². The van der Waals surface area contributed by atoms with Gasteiger partial charge in [-0.3, -0.25) is 5.43 Å². The Balaban J connectivity index is 1.45. The molecule has 2 heterocycles. The van der Waals surface area contributed by atoms with Crippen LogP contribution in [0.1, 0.15) is 11.1 Å². The Morgan fingerprint density at radius 3 is 2.21 bits per heavy atom. The first-order valence-electron chi connectivity index (χ1n) is 9.11. The fourth-order valence-electron chi connectivity index (χ4n) is 3.31. The molecule has 4 nitrogen and oxygen atoms in total. The molecule has 5 rings (SSSR count). The van der Waals surface area contributed by atoms with Crippen LogP contribution >= 0.6 is 11.8 Å². The summed E-state index contributed by atoms with van der Waals surface area (Å²) in [7, 11) is 0.